The second-order valence-corrected chi connectivity index (χ2v) is 15.1. The molecule has 2 heterocycles. The van der Waals surface area contributed by atoms with E-state index in [4.69, 9.17) is 4.74 Å². The summed E-state index contributed by atoms with van der Waals surface area (Å²) >= 11 is 7.41. The Labute approximate surface area is 285 Å². The van der Waals surface area contributed by atoms with Crippen molar-refractivity contribution in [2.24, 2.45) is 0 Å². The number of benzene rings is 4. The number of aryl methyl sites for hydroxylation is 2. The van der Waals surface area contributed by atoms with Crippen LogP contribution in [0.4, 0.5) is 0 Å². The molecule has 230 valence electrons. The maximum atomic E-state index is 6.81. The summed E-state index contributed by atoms with van der Waals surface area (Å²) in [6.45, 7) is 4.23. The molecule has 0 amide bonds. The van der Waals surface area contributed by atoms with Gasteiger partial charge in [0.05, 0.1) is 0 Å². The van der Waals surface area contributed by atoms with Crippen molar-refractivity contribution < 1.29 is 4.74 Å². The van der Waals surface area contributed by atoms with Gasteiger partial charge in [-0.25, -0.2) is 0 Å². The molecule has 2 aromatic heterocycles. The minimum atomic E-state index is -0.0843. The Morgan fingerprint density at radius 2 is 0.889 bits per heavy atom. The zero-order valence-corrected chi connectivity index (χ0v) is 29.1. The number of rotatable bonds is 13. The highest BCUT2D eigenvalue weighted by atomic mass is 32.2. The van der Waals surface area contributed by atoms with E-state index in [0.29, 0.717) is 0 Å². The zero-order valence-electron chi connectivity index (χ0n) is 25.9. The lowest BCUT2D eigenvalue weighted by atomic mass is 10.0. The molecule has 2 unspecified atom stereocenters. The lowest BCUT2D eigenvalue weighted by Crippen LogP contribution is -2.11. The molecule has 45 heavy (non-hydrogen) atoms. The fraction of sp³-hybridized carbons (Fsp3) is 0.200. The number of thiophene rings is 2. The van der Waals surface area contributed by atoms with E-state index >= 15 is 0 Å². The molecule has 1 nitrogen and oxygen atoms in total. The van der Waals surface area contributed by atoms with Gasteiger partial charge in [-0.15, -0.1) is 46.2 Å². The van der Waals surface area contributed by atoms with E-state index in [1.54, 1.807) is 22.7 Å². The van der Waals surface area contributed by atoms with E-state index in [2.05, 4.69) is 158 Å². The summed E-state index contributed by atoms with van der Waals surface area (Å²) in [6.07, 6.45) is 2.41. The number of unbranched alkanes of at least 4 members (excludes halogenated alkanes) is 1. The SMILES string of the molecule is Cc1ccc(C(OC(c2ccc(C)cc2)c2cccs2)c2cccs2)cc1.c1ccc(SCCCCSc2ccccc2)cc1. The maximum Gasteiger partial charge on any atom is 0.118 e. The summed E-state index contributed by atoms with van der Waals surface area (Å²) in [7, 11) is 0. The highest BCUT2D eigenvalue weighted by Crippen LogP contribution is 2.39. The van der Waals surface area contributed by atoms with Crippen molar-refractivity contribution in [1.29, 1.82) is 0 Å². The lowest BCUT2D eigenvalue weighted by Gasteiger charge is -2.25. The standard InChI is InChI=1S/C24H22OS2.C16H18S2/c1-17-7-11-19(12-8-17)23(21-5-3-15-26-21)25-24(22-6-4-16-27-22)20-13-9-18(2)10-14-20;1-3-9-15(10-4-1)17-13-7-8-14-18-16-11-5-2-6-12-16/h3-16,23-24H,1-2H3;1-6,9-12H,7-8,13-14H2. The van der Waals surface area contributed by atoms with Crippen LogP contribution in [0.5, 0.6) is 0 Å². The molecule has 0 radical (unpaired) electrons. The van der Waals surface area contributed by atoms with Gasteiger partial charge in [-0.3, -0.25) is 0 Å². The Balaban J connectivity index is 0.000000194. The summed E-state index contributed by atoms with van der Waals surface area (Å²) in [5.74, 6) is 2.44. The summed E-state index contributed by atoms with van der Waals surface area (Å²) in [5.41, 5.74) is 4.91. The third kappa shape index (κ3) is 10.8. The smallest absolute Gasteiger partial charge is 0.118 e. The fourth-order valence-electron chi connectivity index (χ4n) is 4.74. The van der Waals surface area contributed by atoms with Gasteiger partial charge in [-0.1, -0.05) is 108 Å². The van der Waals surface area contributed by atoms with Gasteiger partial charge >= 0.3 is 0 Å². The normalized spacial score (nSPS) is 12.2. The molecular formula is C40H40OS4. The van der Waals surface area contributed by atoms with Crippen LogP contribution in [-0.2, 0) is 4.74 Å². The molecule has 6 rings (SSSR count). The first-order chi connectivity index (χ1) is 22.2. The van der Waals surface area contributed by atoms with Crippen LogP contribution < -0.4 is 0 Å². The van der Waals surface area contributed by atoms with Gasteiger partial charge in [0.25, 0.3) is 0 Å². The predicted molar refractivity (Wildman–Crippen MR) is 199 cm³/mol. The summed E-state index contributed by atoms with van der Waals surface area (Å²) in [6, 6.07) is 47.2. The van der Waals surface area contributed by atoms with Crippen molar-refractivity contribution in [2.45, 2.75) is 48.7 Å². The van der Waals surface area contributed by atoms with Gasteiger partial charge in [0.1, 0.15) is 12.2 Å². The highest BCUT2D eigenvalue weighted by molar-refractivity contribution is 7.99. The van der Waals surface area contributed by atoms with E-state index < -0.39 is 0 Å². The second-order valence-electron chi connectivity index (χ2n) is 10.8. The molecular weight excluding hydrogens is 625 g/mol. The van der Waals surface area contributed by atoms with Gasteiger partial charge in [-0.2, -0.15) is 0 Å². The van der Waals surface area contributed by atoms with Crippen LogP contribution in [0.1, 0.15) is 57.1 Å². The van der Waals surface area contributed by atoms with Gasteiger partial charge in [0.15, 0.2) is 0 Å². The van der Waals surface area contributed by atoms with E-state index in [1.807, 2.05) is 23.5 Å². The monoisotopic (exact) mass is 664 g/mol. The molecule has 0 saturated heterocycles. The van der Waals surface area contributed by atoms with E-state index in [1.165, 1.54) is 66.1 Å². The van der Waals surface area contributed by atoms with Crippen molar-refractivity contribution >= 4 is 46.2 Å². The third-order valence-electron chi connectivity index (χ3n) is 7.20. The number of hydrogen-bond acceptors (Lipinski definition) is 5. The molecule has 0 aliphatic rings. The third-order valence-corrected chi connectivity index (χ3v) is 11.2. The molecule has 0 N–H and O–H groups in total. The lowest BCUT2D eigenvalue weighted by molar-refractivity contribution is 0.0348. The van der Waals surface area contributed by atoms with Gasteiger partial charge < -0.3 is 4.74 Å². The maximum absolute atomic E-state index is 6.81. The molecule has 0 aliphatic heterocycles. The average Bonchev–Trinajstić information content (AvgIpc) is 3.82. The Kier molecular flexibility index (Phi) is 13.5. The van der Waals surface area contributed by atoms with Crippen LogP contribution in [-0.4, -0.2) is 11.5 Å². The van der Waals surface area contributed by atoms with Crippen molar-refractivity contribution in [3.63, 3.8) is 0 Å². The summed E-state index contributed by atoms with van der Waals surface area (Å²) < 4.78 is 6.81. The van der Waals surface area contributed by atoms with Crippen LogP contribution in [0.25, 0.3) is 0 Å². The molecule has 4 aromatic carbocycles. The van der Waals surface area contributed by atoms with Crippen molar-refractivity contribution in [1.82, 2.24) is 0 Å². The van der Waals surface area contributed by atoms with Crippen molar-refractivity contribution in [3.05, 3.63) is 176 Å². The molecule has 2 atom stereocenters. The van der Waals surface area contributed by atoms with E-state index in [-0.39, 0.29) is 12.2 Å². The van der Waals surface area contributed by atoms with Crippen molar-refractivity contribution in [3.8, 4) is 0 Å². The first kappa shape index (κ1) is 33.3. The molecule has 0 fully saturated rings. The minimum Gasteiger partial charge on any atom is -0.354 e. The Bertz CT molecular complexity index is 1490. The number of ether oxygens (including phenoxy) is 1. The second kappa shape index (κ2) is 18.2. The van der Waals surface area contributed by atoms with Crippen LogP contribution in [0, 0.1) is 13.8 Å². The summed E-state index contributed by atoms with van der Waals surface area (Å²) in [4.78, 5) is 5.22. The number of hydrogen-bond donors (Lipinski definition) is 0. The van der Waals surface area contributed by atoms with Crippen LogP contribution in [0.15, 0.2) is 154 Å². The minimum absolute atomic E-state index is 0.0843. The van der Waals surface area contributed by atoms with E-state index in [9.17, 15) is 0 Å². The Morgan fingerprint density at radius 1 is 0.489 bits per heavy atom. The fourth-order valence-corrected chi connectivity index (χ4v) is 8.18. The Hall–Kier alpha value is -3.06. The zero-order chi connectivity index (χ0) is 31.1. The first-order valence-corrected chi connectivity index (χ1v) is 19.1. The molecule has 0 saturated carbocycles. The molecule has 0 bridgehead atoms. The molecule has 0 spiro atoms. The molecule has 0 aliphatic carbocycles. The van der Waals surface area contributed by atoms with Gasteiger partial charge in [0, 0.05) is 19.5 Å². The van der Waals surface area contributed by atoms with Gasteiger partial charge in [-0.05, 0) is 96.5 Å². The highest BCUT2D eigenvalue weighted by Gasteiger charge is 2.24. The van der Waals surface area contributed by atoms with Crippen LogP contribution in [0.2, 0.25) is 0 Å². The summed E-state index contributed by atoms with van der Waals surface area (Å²) in [5, 5.41) is 4.23. The van der Waals surface area contributed by atoms with Crippen LogP contribution >= 0.6 is 46.2 Å². The topological polar surface area (TPSA) is 9.23 Å². The van der Waals surface area contributed by atoms with Crippen LogP contribution in [0.3, 0.4) is 0 Å². The van der Waals surface area contributed by atoms with Crippen molar-refractivity contribution in [2.75, 3.05) is 11.5 Å². The number of thioether (sulfide) groups is 2. The average molecular weight is 665 g/mol. The van der Waals surface area contributed by atoms with E-state index in [0.717, 1.165) is 0 Å². The quantitative estimate of drug-likeness (QED) is 0.0898. The Morgan fingerprint density at radius 3 is 1.24 bits per heavy atom. The largest absolute Gasteiger partial charge is 0.354 e. The first-order valence-electron chi connectivity index (χ1n) is 15.4. The molecule has 6 aromatic rings. The van der Waals surface area contributed by atoms with Gasteiger partial charge in [0.2, 0.25) is 0 Å². The predicted octanol–water partition coefficient (Wildman–Crippen LogP) is 12.7. The molecule has 5 heteroatoms.